The van der Waals surface area contributed by atoms with Crippen molar-refractivity contribution in [1.82, 2.24) is 0 Å². The number of fused-ring (bicyclic) bond motifs is 2. The summed E-state index contributed by atoms with van der Waals surface area (Å²) in [5, 5.41) is 0. The molecule has 0 nitrogen and oxygen atoms in total. The molecule has 0 radical (unpaired) electrons. The summed E-state index contributed by atoms with van der Waals surface area (Å²) in [6.45, 7) is 2.48. The average Bonchev–Trinajstić information content (AvgIpc) is 3.65. The highest BCUT2D eigenvalue weighted by Crippen LogP contribution is 2.43. The highest BCUT2D eigenvalue weighted by atomic mass is 14.4. The van der Waals surface area contributed by atoms with E-state index in [0.717, 1.165) is 30.1 Å². The lowest BCUT2D eigenvalue weighted by Gasteiger charge is -2.37. The molecule has 7 rings (SSSR count). The fraction of sp³-hybridized carbons (Fsp3) is 0.487. The maximum absolute atomic E-state index is 2.48. The first-order valence-corrected chi connectivity index (χ1v) is 16.2. The standard InChI is InChI=1S/C39H46/c1-27-5-2-7-33(23-27)32-17-15-29(16-18-32)24-28-11-13-30(14-12-28)25-35-21-22-38(39-10-4-9-37(35)39)36-20-19-31-6-3-8-34(31)26-36/h4,9-14,19-22,26-27,29,32-33,39H,2-3,5-8,15-18,23-25H2,1H3. The van der Waals surface area contributed by atoms with Crippen molar-refractivity contribution in [3.8, 4) is 0 Å². The van der Waals surface area contributed by atoms with Crippen LogP contribution in [0.1, 0.15) is 92.5 Å². The second-order valence-corrected chi connectivity index (χ2v) is 13.6. The predicted molar refractivity (Wildman–Crippen MR) is 166 cm³/mol. The van der Waals surface area contributed by atoms with Crippen LogP contribution in [0.2, 0.25) is 0 Å². The predicted octanol–water partition coefficient (Wildman–Crippen LogP) is 10.0. The lowest BCUT2D eigenvalue weighted by atomic mass is 9.68. The Balaban J connectivity index is 0.975. The van der Waals surface area contributed by atoms with Crippen LogP contribution in [-0.2, 0) is 25.7 Å². The Labute approximate surface area is 237 Å². The van der Waals surface area contributed by atoms with Gasteiger partial charge in [-0.05, 0) is 132 Å². The maximum Gasteiger partial charge on any atom is 0.0281 e. The first kappa shape index (κ1) is 25.4. The zero-order valence-corrected chi connectivity index (χ0v) is 24.0. The third-order valence-electron chi connectivity index (χ3n) is 11.0. The van der Waals surface area contributed by atoms with E-state index in [1.165, 1.54) is 105 Å². The minimum absolute atomic E-state index is 0.413. The van der Waals surface area contributed by atoms with Gasteiger partial charge in [0.15, 0.2) is 0 Å². The zero-order chi connectivity index (χ0) is 26.2. The molecule has 0 aromatic heterocycles. The van der Waals surface area contributed by atoms with Crippen LogP contribution in [0.3, 0.4) is 0 Å². The fourth-order valence-corrected chi connectivity index (χ4v) is 8.75. The van der Waals surface area contributed by atoms with Crippen molar-refractivity contribution in [2.45, 2.75) is 90.4 Å². The van der Waals surface area contributed by atoms with Gasteiger partial charge in [0.05, 0.1) is 0 Å². The number of rotatable bonds is 6. The number of aryl methyl sites for hydroxylation is 2. The van der Waals surface area contributed by atoms with Crippen LogP contribution in [0.15, 0.2) is 84.0 Å². The van der Waals surface area contributed by atoms with Crippen LogP contribution in [0.4, 0.5) is 0 Å². The van der Waals surface area contributed by atoms with Crippen LogP contribution in [0.25, 0.3) is 5.57 Å². The van der Waals surface area contributed by atoms with Gasteiger partial charge >= 0.3 is 0 Å². The maximum atomic E-state index is 2.48. The molecule has 0 heterocycles. The molecule has 0 spiro atoms. The van der Waals surface area contributed by atoms with Gasteiger partial charge in [0, 0.05) is 5.92 Å². The topological polar surface area (TPSA) is 0 Å². The number of allylic oxidation sites excluding steroid dienone is 8. The Morgan fingerprint density at radius 2 is 1.51 bits per heavy atom. The third-order valence-corrected chi connectivity index (χ3v) is 11.0. The largest absolute Gasteiger partial charge is 0.0726 e. The molecule has 0 N–H and O–H groups in total. The number of hydrogen-bond acceptors (Lipinski definition) is 0. The average molecular weight is 515 g/mol. The molecule has 0 aliphatic heterocycles. The third kappa shape index (κ3) is 5.41. The molecule has 202 valence electrons. The van der Waals surface area contributed by atoms with E-state index in [4.69, 9.17) is 0 Å². The van der Waals surface area contributed by atoms with Crippen molar-refractivity contribution < 1.29 is 0 Å². The van der Waals surface area contributed by atoms with E-state index in [1.807, 2.05) is 0 Å². The van der Waals surface area contributed by atoms with E-state index < -0.39 is 0 Å². The summed E-state index contributed by atoms with van der Waals surface area (Å²) in [5.41, 5.74) is 12.0. The summed E-state index contributed by atoms with van der Waals surface area (Å²) in [7, 11) is 0. The molecule has 3 unspecified atom stereocenters. The molecule has 5 aliphatic rings. The molecule has 3 atom stereocenters. The molecule has 2 aromatic carbocycles. The van der Waals surface area contributed by atoms with Gasteiger partial charge in [-0.3, -0.25) is 0 Å². The van der Waals surface area contributed by atoms with Crippen molar-refractivity contribution in [1.29, 1.82) is 0 Å². The van der Waals surface area contributed by atoms with Crippen LogP contribution < -0.4 is 0 Å². The number of benzene rings is 2. The minimum atomic E-state index is 0.413. The summed E-state index contributed by atoms with van der Waals surface area (Å²) in [6, 6.07) is 16.9. The Morgan fingerprint density at radius 1 is 0.692 bits per heavy atom. The molecule has 5 aliphatic carbocycles. The molecule has 0 amide bonds. The van der Waals surface area contributed by atoms with Crippen LogP contribution in [0.5, 0.6) is 0 Å². The summed E-state index contributed by atoms with van der Waals surface area (Å²) >= 11 is 0. The minimum Gasteiger partial charge on any atom is -0.0726 e. The highest BCUT2D eigenvalue weighted by Gasteiger charge is 2.30. The summed E-state index contributed by atoms with van der Waals surface area (Å²) in [4.78, 5) is 0. The molecule has 2 fully saturated rings. The number of hydrogen-bond donors (Lipinski definition) is 0. The lowest BCUT2D eigenvalue weighted by Crippen LogP contribution is -2.26. The van der Waals surface area contributed by atoms with Crippen LogP contribution >= 0.6 is 0 Å². The van der Waals surface area contributed by atoms with E-state index in [9.17, 15) is 0 Å². The fourth-order valence-electron chi connectivity index (χ4n) is 8.75. The van der Waals surface area contributed by atoms with Crippen molar-refractivity contribution in [3.63, 3.8) is 0 Å². The van der Waals surface area contributed by atoms with E-state index >= 15 is 0 Å². The van der Waals surface area contributed by atoms with E-state index in [2.05, 4.69) is 79.8 Å². The summed E-state index contributed by atoms with van der Waals surface area (Å²) in [5.74, 6) is 4.34. The highest BCUT2D eigenvalue weighted by molar-refractivity contribution is 5.79. The van der Waals surface area contributed by atoms with Gasteiger partial charge in [0.1, 0.15) is 0 Å². The van der Waals surface area contributed by atoms with Gasteiger partial charge in [-0.1, -0.05) is 99.0 Å². The monoisotopic (exact) mass is 514 g/mol. The summed E-state index contributed by atoms with van der Waals surface area (Å²) in [6.07, 6.45) is 29.8. The second-order valence-electron chi connectivity index (χ2n) is 13.6. The van der Waals surface area contributed by atoms with E-state index in [0.29, 0.717) is 5.92 Å². The first-order chi connectivity index (χ1) is 19.2. The second kappa shape index (κ2) is 11.1. The zero-order valence-electron chi connectivity index (χ0n) is 24.0. The van der Waals surface area contributed by atoms with Gasteiger partial charge < -0.3 is 0 Å². The van der Waals surface area contributed by atoms with Crippen molar-refractivity contribution in [3.05, 3.63) is 112 Å². The van der Waals surface area contributed by atoms with Gasteiger partial charge in [-0.2, -0.15) is 0 Å². The normalized spacial score (nSPS) is 29.9. The SMILES string of the molecule is CC1CCCC(C2CCC(Cc3ccc(CC4=CC=C(c5ccc6c(c5)CCC6)C5C=CC=C45)cc3)CC2)C1. The molecule has 2 aromatic rings. The van der Waals surface area contributed by atoms with Gasteiger partial charge in [0.2, 0.25) is 0 Å². The van der Waals surface area contributed by atoms with Crippen LogP contribution in [0, 0.1) is 29.6 Å². The summed E-state index contributed by atoms with van der Waals surface area (Å²) < 4.78 is 0. The molecular formula is C39H46. The molecular weight excluding hydrogens is 468 g/mol. The molecule has 0 bridgehead atoms. The Kier molecular flexibility index (Phi) is 7.23. The van der Waals surface area contributed by atoms with Gasteiger partial charge in [-0.25, -0.2) is 0 Å². The van der Waals surface area contributed by atoms with Crippen molar-refractivity contribution in [2.75, 3.05) is 0 Å². The molecule has 39 heavy (non-hydrogen) atoms. The van der Waals surface area contributed by atoms with Crippen molar-refractivity contribution >= 4 is 5.57 Å². The Morgan fingerprint density at radius 3 is 2.36 bits per heavy atom. The van der Waals surface area contributed by atoms with Crippen molar-refractivity contribution in [2.24, 2.45) is 29.6 Å². The van der Waals surface area contributed by atoms with Gasteiger partial charge in [-0.15, -0.1) is 0 Å². The van der Waals surface area contributed by atoms with E-state index in [1.54, 1.807) is 16.7 Å². The first-order valence-electron chi connectivity index (χ1n) is 16.2. The quantitative estimate of drug-likeness (QED) is 0.360. The lowest BCUT2D eigenvalue weighted by molar-refractivity contribution is 0.145. The Bertz CT molecular complexity index is 1300. The molecule has 2 saturated carbocycles. The molecule has 0 saturated heterocycles. The smallest absolute Gasteiger partial charge is 0.0281 e. The van der Waals surface area contributed by atoms with E-state index in [-0.39, 0.29) is 0 Å². The van der Waals surface area contributed by atoms with Crippen LogP contribution in [-0.4, -0.2) is 0 Å². The molecule has 0 heteroatoms. The van der Waals surface area contributed by atoms with Gasteiger partial charge in [0.25, 0.3) is 0 Å². The Hall–Kier alpha value is -2.60.